The van der Waals surface area contributed by atoms with Crippen LogP contribution in [-0.4, -0.2) is 10.2 Å². The second kappa shape index (κ2) is 3.94. The lowest BCUT2D eigenvalue weighted by Crippen LogP contribution is -1.98. The van der Waals surface area contributed by atoms with Crippen molar-refractivity contribution in [2.45, 2.75) is 6.54 Å². The molecule has 0 unspecified atom stereocenters. The van der Waals surface area contributed by atoms with Crippen molar-refractivity contribution in [3.63, 3.8) is 0 Å². The molecule has 0 atom stereocenters. The Hall–Kier alpha value is -1.13. The van der Waals surface area contributed by atoms with Crippen LogP contribution in [-0.2, 0) is 6.54 Å². The molecule has 0 bridgehead atoms. The summed E-state index contributed by atoms with van der Waals surface area (Å²) >= 11 is 3.43. The van der Waals surface area contributed by atoms with Gasteiger partial charge in [0.15, 0.2) is 0 Å². The van der Waals surface area contributed by atoms with E-state index in [4.69, 9.17) is 5.73 Å². The minimum atomic E-state index is 0.474. The van der Waals surface area contributed by atoms with Crippen LogP contribution in [0.5, 0.6) is 0 Å². The maximum atomic E-state index is 5.59. The van der Waals surface area contributed by atoms with Gasteiger partial charge in [-0.3, -0.25) is 5.10 Å². The Morgan fingerprint density at radius 1 is 1.43 bits per heavy atom. The summed E-state index contributed by atoms with van der Waals surface area (Å²) in [6, 6.07) is 8.07. The summed E-state index contributed by atoms with van der Waals surface area (Å²) in [5.41, 5.74) is 8.73. The lowest BCUT2D eigenvalue weighted by Gasteiger charge is -2.01. The summed E-state index contributed by atoms with van der Waals surface area (Å²) in [4.78, 5) is 0. The van der Waals surface area contributed by atoms with Crippen molar-refractivity contribution >= 4 is 15.9 Å². The van der Waals surface area contributed by atoms with Crippen LogP contribution in [0.2, 0.25) is 0 Å². The van der Waals surface area contributed by atoms with Gasteiger partial charge in [0.25, 0.3) is 0 Å². The summed E-state index contributed by atoms with van der Waals surface area (Å²) in [5.74, 6) is 0. The predicted molar refractivity (Wildman–Crippen MR) is 59.6 cm³/mol. The van der Waals surface area contributed by atoms with E-state index >= 15 is 0 Å². The Morgan fingerprint density at radius 3 is 3.00 bits per heavy atom. The number of hydrogen-bond donors (Lipinski definition) is 2. The number of nitrogens with one attached hydrogen (secondary N) is 1. The lowest BCUT2D eigenvalue weighted by molar-refractivity contribution is 0.948. The first-order chi connectivity index (χ1) is 6.81. The van der Waals surface area contributed by atoms with Crippen LogP contribution >= 0.6 is 15.9 Å². The Morgan fingerprint density at radius 2 is 2.29 bits per heavy atom. The molecular formula is C10H10BrN3. The second-order valence-electron chi connectivity index (χ2n) is 2.98. The fraction of sp³-hybridized carbons (Fsp3) is 0.100. The quantitative estimate of drug-likeness (QED) is 0.861. The first kappa shape index (κ1) is 9.43. The van der Waals surface area contributed by atoms with Crippen molar-refractivity contribution in [3.05, 3.63) is 40.6 Å². The lowest BCUT2D eigenvalue weighted by atomic mass is 10.1. The Balaban J connectivity index is 2.49. The van der Waals surface area contributed by atoms with E-state index < -0.39 is 0 Å². The number of aromatic nitrogens is 2. The third-order valence-corrected chi connectivity index (χ3v) is 2.55. The zero-order valence-corrected chi connectivity index (χ0v) is 9.08. The van der Waals surface area contributed by atoms with E-state index in [1.54, 1.807) is 6.20 Å². The average molecular weight is 252 g/mol. The highest BCUT2D eigenvalue weighted by molar-refractivity contribution is 9.10. The molecule has 1 aromatic carbocycles. The van der Waals surface area contributed by atoms with Crippen molar-refractivity contribution in [2.24, 2.45) is 5.73 Å². The fourth-order valence-electron chi connectivity index (χ4n) is 1.37. The topological polar surface area (TPSA) is 54.7 Å². The third-order valence-electron chi connectivity index (χ3n) is 2.06. The van der Waals surface area contributed by atoms with E-state index in [1.165, 1.54) is 0 Å². The summed E-state index contributed by atoms with van der Waals surface area (Å²) in [5, 5.41) is 6.86. The van der Waals surface area contributed by atoms with Gasteiger partial charge < -0.3 is 5.73 Å². The highest BCUT2D eigenvalue weighted by Crippen LogP contribution is 2.24. The van der Waals surface area contributed by atoms with Gasteiger partial charge in [0, 0.05) is 16.6 Å². The van der Waals surface area contributed by atoms with Crippen LogP contribution < -0.4 is 5.73 Å². The van der Waals surface area contributed by atoms with E-state index in [9.17, 15) is 0 Å². The van der Waals surface area contributed by atoms with Crippen LogP contribution in [0.4, 0.5) is 0 Å². The molecular weight excluding hydrogens is 242 g/mol. The average Bonchev–Trinajstić information content (AvgIpc) is 2.65. The highest BCUT2D eigenvalue weighted by Gasteiger charge is 2.05. The molecule has 0 spiro atoms. The van der Waals surface area contributed by atoms with Gasteiger partial charge in [-0.2, -0.15) is 5.10 Å². The molecule has 0 saturated carbocycles. The SMILES string of the molecule is NCc1[nH]ncc1-c1cccc(Br)c1. The standard InChI is InChI=1S/C10H10BrN3/c11-8-3-1-2-7(4-8)9-6-13-14-10(9)5-12/h1-4,6H,5,12H2,(H,13,14). The van der Waals surface area contributed by atoms with Crippen molar-refractivity contribution in [1.82, 2.24) is 10.2 Å². The van der Waals surface area contributed by atoms with Crippen LogP contribution in [0.3, 0.4) is 0 Å². The van der Waals surface area contributed by atoms with Crippen molar-refractivity contribution in [1.29, 1.82) is 0 Å². The Bertz CT molecular complexity index is 436. The van der Waals surface area contributed by atoms with E-state index in [1.807, 2.05) is 24.3 Å². The van der Waals surface area contributed by atoms with Gasteiger partial charge >= 0.3 is 0 Å². The van der Waals surface area contributed by atoms with Gasteiger partial charge in [0.2, 0.25) is 0 Å². The van der Waals surface area contributed by atoms with Crippen LogP contribution in [0.1, 0.15) is 5.69 Å². The molecule has 0 aliphatic carbocycles. The Labute approximate surface area is 90.5 Å². The molecule has 3 nitrogen and oxygen atoms in total. The minimum absolute atomic E-state index is 0.474. The number of H-pyrrole nitrogens is 1. The summed E-state index contributed by atoms with van der Waals surface area (Å²) in [7, 11) is 0. The molecule has 0 aliphatic heterocycles. The Kier molecular flexibility index (Phi) is 2.65. The van der Waals surface area contributed by atoms with Gasteiger partial charge in [0.1, 0.15) is 0 Å². The smallest absolute Gasteiger partial charge is 0.0569 e. The van der Waals surface area contributed by atoms with Crippen molar-refractivity contribution in [3.8, 4) is 11.1 Å². The predicted octanol–water partition coefficient (Wildman–Crippen LogP) is 2.30. The van der Waals surface area contributed by atoms with E-state index in [0.717, 1.165) is 21.3 Å². The first-order valence-electron chi connectivity index (χ1n) is 4.29. The largest absolute Gasteiger partial charge is 0.325 e. The van der Waals surface area contributed by atoms with Gasteiger partial charge in [0.05, 0.1) is 11.9 Å². The molecule has 14 heavy (non-hydrogen) atoms. The van der Waals surface area contributed by atoms with Crippen LogP contribution in [0, 0.1) is 0 Å². The molecule has 72 valence electrons. The number of nitrogens with two attached hydrogens (primary N) is 1. The molecule has 1 aromatic heterocycles. The molecule has 2 rings (SSSR count). The fourth-order valence-corrected chi connectivity index (χ4v) is 1.77. The van der Waals surface area contributed by atoms with E-state index in [-0.39, 0.29) is 0 Å². The molecule has 3 N–H and O–H groups in total. The summed E-state index contributed by atoms with van der Waals surface area (Å²) in [6.07, 6.45) is 1.80. The zero-order valence-electron chi connectivity index (χ0n) is 7.50. The number of hydrogen-bond acceptors (Lipinski definition) is 2. The maximum absolute atomic E-state index is 5.59. The van der Waals surface area contributed by atoms with Crippen molar-refractivity contribution in [2.75, 3.05) is 0 Å². The molecule has 1 heterocycles. The highest BCUT2D eigenvalue weighted by atomic mass is 79.9. The van der Waals surface area contributed by atoms with Gasteiger partial charge in [-0.05, 0) is 17.7 Å². The zero-order chi connectivity index (χ0) is 9.97. The van der Waals surface area contributed by atoms with Gasteiger partial charge in [-0.25, -0.2) is 0 Å². The van der Waals surface area contributed by atoms with E-state index in [0.29, 0.717) is 6.54 Å². The molecule has 0 aliphatic rings. The van der Waals surface area contributed by atoms with Crippen LogP contribution in [0.15, 0.2) is 34.9 Å². The molecule has 2 aromatic rings. The first-order valence-corrected chi connectivity index (χ1v) is 5.09. The molecule has 0 amide bonds. The van der Waals surface area contributed by atoms with Gasteiger partial charge in [-0.1, -0.05) is 28.1 Å². The minimum Gasteiger partial charge on any atom is -0.325 e. The third kappa shape index (κ3) is 1.71. The number of halogens is 1. The second-order valence-corrected chi connectivity index (χ2v) is 3.89. The molecule has 4 heteroatoms. The number of aromatic amines is 1. The van der Waals surface area contributed by atoms with Gasteiger partial charge in [-0.15, -0.1) is 0 Å². The molecule has 0 saturated heterocycles. The number of rotatable bonds is 2. The molecule has 0 radical (unpaired) electrons. The number of benzene rings is 1. The van der Waals surface area contributed by atoms with Crippen molar-refractivity contribution < 1.29 is 0 Å². The monoisotopic (exact) mass is 251 g/mol. The normalized spacial score (nSPS) is 10.4. The summed E-state index contributed by atoms with van der Waals surface area (Å²) < 4.78 is 1.05. The molecule has 0 fully saturated rings. The van der Waals surface area contributed by atoms with E-state index in [2.05, 4.69) is 26.1 Å². The van der Waals surface area contributed by atoms with Crippen LogP contribution in [0.25, 0.3) is 11.1 Å². The maximum Gasteiger partial charge on any atom is 0.0569 e. The number of nitrogens with zero attached hydrogens (tertiary/aromatic N) is 1. The summed E-state index contributed by atoms with van der Waals surface area (Å²) in [6.45, 7) is 0.474.